The van der Waals surface area contributed by atoms with E-state index < -0.39 is 10.0 Å². The van der Waals surface area contributed by atoms with Crippen molar-refractivity contribution in [2.75, 3.05) is 39.3 Å². The van der Waals surface area contributed by atoms with E-state index in [0.717, 1.165) is 45.3 Å². The molecule has 1 aliphatic heterocycles. The van der Waals surface area contributed by atoms with Crippen molar-refractivity contribution in [1.29, 1.82) is 0 Å². The van der Waals surface area contributed by atoms with Crippen molar-refractivity contribution >= 4 is 10.0 Å². The summed E-state index contributed by atoms with van der Waals surface area (Å²) in [6, 6.07) is 5.67. The van der Waals surface area contributed by atoms with Gasteiger partial charge in [0.05, 0.1) is 4.90 Å². The van der Waals surface area contributed by atoms with Gasteiger partial charge in [0.1, 0.15) is 0 Å². The van der Waals surface area contributed by atoms with Gasteiger partial charge in [-0.05, 0) is 55.4 Å². The summed E-state index contributed by atoms with van der Waals surface area (Å²) in [5.74, 6) is 0. The quantitative estimate of drug-likeness (QED) is 0.878. The van der Waals surface area contributed by atoms with Gasteiger partial charge in [-0.2, -0.15) is 4.31 Å². The zero-order valence-corrected chi connectivity index (χ0v) is 14.4. The molecule has 128 valence electrons. The number of rotatable bonds is 5. The summed E-state index contributed by atoms with van der Waals surface area (Å²) in [6.07, 6.45) is 5.17. The lowest BCUT2D eigenvalue weighted by molar-refractivity contribution is 0.171. The third-order valence-electron chi connectivity index (χ3n) is 4.92. The summed E-state index contributed by atoms with van der Waals surface area (Å²) < 4.78 is 27.3. The van der Waals surface area contributed by atoms with E-state index in [2.05, 4.69) is 4.90 Å². The molecule has 1 aliphatic carbocycles. The number of benzene rings is 1. The van der Waals surface area contributed by atoms with Crippen molar-refractivity contribution in [3.05, 3.63) is 29.3 Å². The molecule has 1 fully saturated rings. The zero-order valence-electron chi connectivity index (χ0n) is 13.6. The molecule has 1 N–H and O–H groups in total. The number of sulfonamides is 1. The van der Waals surface area contributed by atoms with Crippen LogP contribution in [0.5, 0.6) is 0 Å². The molecule has 0 unspecified atom stereocenters. The van der Waals surface area contributed by atoms with Crippen molar-refractivity contribution in [1.82, 2.24) is 9.21 Å². The second-order valence-corrected chi connectivity index (χ2v) is 8.40. The SMILES string of the molecule is O=S(=O)(c1ccc2c(c1)CCCC2)N1CCN(CCCO)CC1. The minimum atomic E-state index is -3.38. The van der Waals surface area contributed by atoms with Gasteiger partial charge in [0, 0.05) is 39.3 Å². The second kappa shape index (κ2) is 7.30. The molecule has 1 aromatic carbocycles. The van der Waals surface area contributed by atoms with Crippen LogP contribution in [0.1, 0.15) is 30.4 Å². The highest BCUT2D eigenvalue weighted by Gasteiger charge is 2.28. The summed E-state index contributed by atoms with van der Waals surface area (Å²) in [4.78, 5) is 2.66. The summed E-state index contributed by atoms with van der Waals surface area (Å²) in [6.45, 7) is 3.57. The fraction of sp³-hybridized carbons (Fsp3) is 0.647. The van der Waals surface area contributed by atoms with Crippen molar-refractivity contribution < 1.29 is 13.5 Å². The second-order valence-electron chi connectivity index (χ2n) is 6.46. The van der Waals surface area contributed by atoms with E-state index in [1.165, 1.54) is 17.5 Å². The number of piperazine rings is 1. The molecule has 0 bridgehead atoms. The van der Waals surface area contributed by atoms with E-state index in [0.29, 0.717) is 18.0 Å². The predicted molar refractivity (Wildman–Crippen MR) is 90.0 cm³/mol. The summed E-state index contributed by atoms with van der Waals surface area (Å²) in [7, 11) is -3.38. The average molecular weight is 338 g/mol. The Bertz CT molecular complexity index is 637. The third kappa shape index (κ3) is 3.76. The van der Waals surface area contributed by atoms with Crippen LogP contribution in [0.25, 0.3) is 0 Å². The normalized spacial score (nSPS) is 20.4. The molecular weight excluding hydrogens is 312 g/mol. The monoisotopic (exact) mass is 338 g/mol. The molecule has 6 heteroatoms. The van der Waals surface area contributed by atoms with E-state index in [1.54, 1.807) is 10.4 Å². The zero-order chi connectivity index (χ0) is 16.3. The molecule has 0 saturated carbocycles. The molecule has 0 radical (unpaired) electrons. The fourth-order valence-corrected chi connectivity index (χ4v) is 4.98. The molecule has 1 saturated heterocycles. The molecule has 5 nitrogen and oxygen atoms in total. The lowest BCUT2D eigenvalue weighted by Crippen LogP contribution is -2.48. The first-order chi connectivity index (χ1) is 11.1. The Labute approximate surface area is 139 Å². The highest BCUT2D eigenvalue weighted by molar-refractivity contribution is 7.89. The Balaban J connectivity index is 1.70. The highest BCUT2D eigenvalue weighted by atomic mass is 32.2. The number of aryl methyl sites for hydroxylation is 2. The van der Waals surface area contributed by atoms with Crippen LogP contribution in [0.4, 0.5) is 0 Å². The van der Waals surface area contributed by atoms with Gasteiger partial charge in [-0.1, -0.05) is 6.07 Å². The van der Waals surface area contributed by atoms with Crippen LogP contribution in [0, 0.1) is 0 Å². The Morgan fingerprint density at radius 1 is 1.00 bits per heavy atom. The van der Waals surface area contributed by atoms with Crippen molar-refractivity contribution in [3.8, 4) is 0 Å². The number of aliphatic hydroxyl groups excluding tert-OH is 1. The molecular formula is C17H26N2O3S. The van der Waals surface area contributed by atoms with Crippen LogP contribution in [0.2, 0.25) is 0 Å². The molecule has 0 spiro atoms. The van der Waals surface area contributed by atoms with Crippen molar-refractivity contribution in [3.63, 3.8) is 0 Å². The minimum Gasteiger partial charge on any atom is -0.396 e. The average Bonchev–Trinajstić information content (AvgIpc) is 2.60. The Hall–Kier alpha value is -0.950. The molecule has 0 amide bonds. The summed E-state index contributed by atoms with van der Waals surface area (Å²) >= 11 is 0. The molecule has 1 heterocycles. The maximum atomic E-state index is 12.9. The van der Waals surface area contributed by atoms with Gasteiger partial charge in [0.2, 0.25) is 10.0 Å². The molecule has 3 rings (SSSR count). The Kier molecular flexibility index (Phi) is 5.36. The van der Waals surface area contributed by atoms with E-state index in [9.17, 15) is 8.42 Å². The third-order valence-corrected chi connectivity index (χ3v) is 6.82. The maximum absolute atomic E-state index is 12.9. The minimum absolute atomic E-state index is 0.188. The lowest BCUT2D eigenvalue weighted by Gasteiger charge is -2.34. The number of aliphatic hydroxyl groups is 1. The van der Waals surface area contributed by atoms with Gasteiger partial charge in [-0.3, -0.25) is 0 Å². The molecule has 1 aromatic rings. The standard InChI is InChI=1S/C17H26N2O3S/c20-13-3-8-18-9-11-19(12-10-18)23(21,22)17-7-6-15-4-1-2-5-16(15)14-17/h6-7,14,20H,1-5,8-13H2. The topological polar surface area (TPSA) is 60.9 Å². The van der Waals surface area contributed by atoms with Crippen LogP contribution < -0.4 is 0 Å². The summed E-state index contributed by atoms with van der Waals surface area (Å²) in [5, 5.41) is 8.89. The number of nitrogens with zero attached hydrogens (tertiary/aromatic N) is 2. The van der Waals surface area contributed by atoms with Crippen molar-refractivity contribution in [2.24, 2.45) is 0 Å². The largest absolute Gasteiger partial charge is 0.396 e. The van der Waals surface area contributed by atoms with Crippen LogP contribution in [-0.2, 0) is 22.9 Å². The van der Waals surface area contributed by atoms with Gasteiger partial charge in [-0.15, -0.1) is 0 Å². The van der Waals surface area contributed by atoms with E-state index in [-0.39, 0.29) is 6.61 Å². The van der Waals surface area contributed by atoms with Crippen LogP contribution in [0.15, 0.2) is 23.1 Å². The van der Waals surface area contributed by atoms with Gasteiger partial charge in [0.25, 0.3) is 0 Å². The smallest absolute Gasteiger partial charge is 0.243 e. The van der Waals surface area contributed by atoms with Gasteiger partial charge < -0.3 is 10.0 Å². The number of fused-ring (bicyclic) bond motifs is 1. The Morgan fingerprint density at radius 2 is 1.70 bits per heavy atom. The number of hydrogen-bond acceptors (Lipinski definition) is 4. The highest BCUT2D eigenvalue weighted by Crippen LogP contribution is 2.26. The molecule has 0 aromatic heterocycles. The first-order valence-corrected chi connectivity index (χ1v) is 10.0. The van der Waals surface area contributed by atoms with Crippen molar-refractivity contribution in [2.45, 2.75) is 37.0 Å². The van der Waals surface area contributed by atoms with Crippen LogP contribution >= 0.6 is 0 Å². The van der Waals surface area contributed by atoms with Gasteiger partial charge in [-0.25, -0.2) is 8.42 Å². The fourth-order valence-electron chi connectivity index (χ4n) is 3.51. The van der Waals surface area contributed by atoms with Gasteiger partial charge >= 0.3 is 0 Å². The number of hydrogen-bond donors (Lipinski definition) is 1. The molecule has 23 heavy (non-hydrogen) atoms. The maximum Gasteiger partial charge on any atom is 0.243 e. The summed E-state index contributed by atoms with van der Waals surface area (Å²) in [5.41, 5.74) is 2.52. The van der Waals surface area contributed by atoms with E-state index in [1.807, 2.05) is 12.1 Å². The first kappa shape index (κ1) is 16.9. The first-order valence-electron chi connectivity index (χ1n) is 8.56. The van der Waals surface area contributed by atoms with Crippen LogP contribution in [0.3, 0.4) is 0 Å². The van der Waals surface area contributed by atoms with E-state index in [4.69, 9.17) is 5.11 Å². The lowest BCUT2D eigenvalue weighted by atomic mass is 9.92. The van der Waals surface area contributed by atoms with E-state index >= 15 is 0 Å². The Morgan fingerprint density at radius 3 is 2.39 bits per heavy atom. The molecule has 2 aliphatic rings. The molecule has 0 atom stereocenters. The van der Waals surface area contributed by atoms with Crippen LogP contribution in [-0.4, -0.2) is 62.1 Å². The van der Waals surface area contributed by atoms with Gasteiger partial charge in [0.15, 0.2) is 0 Å². The predicted octanol–water partition coefficient (Wildman–Crippen LogP) is 1.25.